The van der Waals surface area contributed by atoms with Gasteiger partial charge < -0.3 is 5.11 Å². The van der Waals surface area contributed by atoms with Crippen LogP contribution in [0.2, 0.25) is 0 Å². The van der Waals surface area contributed by atoms with Crippen molar-refractivity contribution in [1.29, 1.82) is 0 Å². The van der Waals surface area contributed by atoms with Gasteiger partial charge in [-0.3, -0.25) is 0 Å². The summed E-state index contributed by atoms with van der Waals surface area (Å²) in [5, 5.41) is 8.76. The summed E-state index contributed by atoms with van der Waals surface area (Å²) in [6.07, 6.45) is 2.50. The van der Waals surface area contributed by atoms with Crippen LogP contribution in [0.4, 0.5) is 0 Å². The van der Waals surface area contributed by atoms with E-state index < -0.39 is 15.6 Å². The smallest absolute Gasteiger partial charge is 0.212 e. The highest BCUT2D eigenvalue weighted by Gasteiger charge is 2.31. The van der Waals surface area contributed by atoms with Gasteiger partial charge in [-0.15, -0.1) is 0 Å². The van der Waals surface area contributed by atoms with Crippen molar-refractivity contribution < 1.29 is 13.5 Å². The van der Waals surface area contributed by atoms with Crippen LogP contribution in [0.3, 0.4) is 0 Å². The lowest BCUT2D eigenvalue weighted by Crippen LogP contribution is -2.45. The van der Waals surface area contributed by atoms with Gasteiger partial charge in [0.05, 0.1) is 5.75 Å². The second kappa shape index (κ2) is 4.16. The molecule has 0 saturated heterocycles. The maximum atomic E-state index is 11.6. The molecule has 0 amide bonds. The zero-order valence-electron chi connectivity index (χ0n) is 8.78. The predicted molar refractivity (Wildman–Crippen MR) is 55.4 cm³/mol. The summed E-state index contributed by atoms with van der Waals surface area (Å²) in [5.41, 5.74) is -0.539. The van der Waals surface area contributed by atoms with Crippen LogP contribution in [0.25, 0.3) is 0 Å². The van der Waals surface area contributed by atoms with Crippen LogP contribution >= 0.6 is 0 Å². The van der Waals surface area contributed by atoms with Gasteiger partial charge in [-0.1, -0.05) is 0 Å². The van der Waals surface area contributed by atoms with Gasteiger partial charge in [0.15, 0.2) is 0 Å². The van der Waals surface area contributed by atoms with E-state index in [1.807, 2.05) is 0 Å². The molecule has 14 heavy (non-hydrogen) atoms. The summed E-state index contributed by atoms with van der Waals surface area (Å²) in [7, 11) is -3.16. The molecule has 84 valence electrons. The van der Waals surface area contributed by atoms with E-state index in [9.17, 15) is 8.42 Å². The first-order chi connectivity index (χ1) is 6.35. The summed E-state index contributed by atoms with van der Waals surface area (Å²) in [6.45, 7) is 3.57. The largest absolute Gasteiger partial charge is 0.396 e. The minimum Gasteiger partial charge on any atom is -0.396 e. The number of hydrogen-bond donors (Lipinski definition) is 2. The molecule has 0 radical (unpaired) electrons. The molecule has 0 bridgehead atoms. The lowest BCUT2D eigenvalue weighted by atomic mass is 10.0. The van der Waals surface area contributed by atoms with E-state index >= 15 is 0 Å². The van der Waals surface area contributed by atoms with E-state index in [-0.39, 0.29) is 12.4 Å². The fraction of sp³-hybridized carbons (Fsp3) is 1.00. The van der Waals surface area contributed by atoms with E-state index in [4.69, 9.17) is 5.11 Å². The molecule has 0 heterocycles. The fourth-order valence-electron chi connectivity index (χ4n) is 1.39. The van der Waals surface area contributed by atoms with Crippen molar-refractivity contribution >= 4 is 10.0 Å². The standard InChI is InChI=1S/C9H19NO3S/c1-9(2,5-6-11)10-14(12,13)7-8-3-4-8/h8,10-11H,3-7H2,1-2H3. The van der Waals surface area contributed by atoms with Crippen molar-refractivity contribution in [2.45, 2.75) is 38.6 Å². The van der Waals surface area contributed by atoms with E-state index in [0.29, 0.717) is 12.3 Å². The molecule has 1 rings (SSSR count). The average Bonchev–Trinajstić information content (AvgIpc) is 2.66. The number of rotatable bonds is 6. The molecule has 2 N–H and O–H groups in total. The second-order valence-corrected chi connectivity index (χ2v) is 6.45. The number of sulfonamides is 1. The van der Waals surface area contributed by atoms with Gasteiger partial charge in [-0.05, 0) is 39.0 Å². The van der Waals surface area contributed by atoms with Gasteiger partial charge in [0, 0.05) is 12.1 Å². The number of nitrogens with one attached hydrogen (secondary N) is 1. The molecule has 0 spiro atoms. The quantitative estimate of drug-likeness (QED) is 0.685. The van der Waals surface area contributed by atoms with E-state index in [0.717, 1.165) is 12.8 Å². The van der Waals surface area contributed by atoms with Crippen molar-refractivity contribution in [2.24, 2.45) is 5.92 Å². The first-order valence-electron chi connectivity index (χ1n) is 4.97. The third-order valence-corrected chi connectivity index (χ3v) is 4.09. The Hall–Kier alpha value is -0.130. The van der Waals surface area contributed by atoms with Gasteiger partial charge in [0.1, 0.15) is 0 Å². The monoisotopic (exact) mass is 221 g/mol. The van der Waals surface area contributed by atoms with Crippen LogP contribution in [0.5, 0.6) is 0 Å². The Labute approximate surface area is 85.8 Å². The molecule has 0 atom stereocenters. The molecular formula is C9H19NO3S. The Morgan fingerprint density at radius 1 is 1.43 bits per heavy atom. The zero-order chi connectivity index (χ0) is 10.8. The molecule has 1 aliphatic rings. The molecular weight excluding hydrogens is 202 g/mol. The van der Waals surface area contributed by atoms with Gasteiger partial charge in [0.2, 0.25) is 10.0 Å². The third kappa shape index (κ3) is 4.39. The predicted octanol–water partition coefficient (Wildman–Crippen LogP) is 0.477. The number of aliphatic hydroxyl groups excluding tert-OH is 1. The molecule has 0 aromatic rings. The Kier molecular flexibility index (Phi) is 3.55. The molecule has 0 aromatic carbocycles. The van der Waals surface area contributed by atoms with E-state index in [1.165, 1.54) is 0 Å². The summed E-state index contributed by atoms with van der Waals surface area (Å²) in [6, 6.07) is 0. The fourth-order valence-corrected chi connectivity index (χ4v) is 3.37. The highest BCUT2D eigenvalue weighted by atomic mass is 32.2. The van der Waals surface area contributed by atoms with Crippen LogP contribution in [0.15, 0.2) is 0 Å². The normalized spacial score (nSPS) is 18.5. The molecule has 0 aromatic heterocycles. The van der Waals surface area contributed by atoms with Gasteiger partial charge >= 0.3 is 0 Å². The topological polar surface area (TPSA) is 66.4 Å². The molecule has 0 aliphatic heterocycles. The summed E-state index contributed by atoms with van der Waals surface area (Å²) in [4.78, 5) is 0. The van der Waals surface area contributed by atoms with Crippen LogP contribution in [0, 0.1) is 5.92 Å². The van der Waals surface area contributed by atoms with Crippen LogP contribution < -0.4 is 4.72 Å². The summed E-state index contributed by atoms with van der Waals surface area (Å²) in [5.74, 6) is 0.597. The minimum absolute atomic E-state index is 0.00104. The highest BCUT2D eigenvalue weighted by Crippen LogP contribution is 2.30. The molecule has 5 heteroatoms. The Morgan fingerprint density at radius 3 is 2.43 bits per heavy atom. The lowest BCUT2D eigenvalue weighted by Gasteiger charge is -2.24. The molecule has 4 nitrogen and oxygen atoms in total. The maximum Gasteiger partial charge on any atom is 0.212 e. The second-order valence-electron chi connectivity index (χ2n) is 4.68. The average molecular weight is 221 g/mol. The first-order valence-corrected chi connectivity index (χ1v) is 6.62. The minimum atomic E-state index is -3.16. The lowest BCUT2D eigenvalue weighted by molar-refractivity contribution is 0.245. The Morgan fingerprint density at radius 2 is 2.00 bits per heavy atom. The third-order valence-electron chi connectivity index (χ3n) is 2.32. The number of hydrogen-bond acceptors (Lipinski definition) is 3. The van der Waals surface area contributed by atoms with Crippen LogP contribution in [-0.4, -0.2) is 31.4 Å². The van der Waals surface area contributed by atoms with Crippen LogP contribution in [0.1, 0.15) is 33.1 Å². The molecule has 1 fully saturated rings. The number of aliphatic hydroxyl groups is 1. The van der Waals surface area contributed by atoms with E-state index in [1.54, 1.807) is 13.8 Å². The Bertz CT molecular complexity index is 280. The van der Waals surface area contributed by atoms with Crippen LogP contribution in [-0.2, 0) is 10.0 Å². The Balaban J connectivity index is 2.47. The highest BCUT2D eigenvalue weighted by molar-refractivity contribution is 7.89. The van der Waals surface area contributed by atoms with Crippen molar-refractivity contribution in [1.82, 2.24) is 4.72 Å². The van der Waals surface area contributed by atoms with E-state index in [2.05, 4.69) is 4.72 Å². The van der Waals surface area contributed by atoms with Gasteiger partial charge in [-0.25, -0.2) is 13.1 Å². The summed E-state index contributed by atoms with van der Waals surface area (Å²) < 4.78 is 25.8. The maximum absolute atomic E-state index is 11.6. The van der Waals surface area contributed by atoms with Gasteiger partial charge in [0.25, 0.3) is 0 Å². The van der Waals surface area contributed by atoms with Crippen molar-refractivity contribution in [2.75, 3.05) is 12.4 Å². The van der Waals surface area contributed by atoms with Gasteiger partial charge in [-0.2, -0.15) is 0 Å². The molecule has 1 aliphatic carbocycles. The molecule has 0 unspecified atom stereocenters. The van der Waals surface area contributed by atoms with Crippen molar-refractivity contribution in [3.63, 3.8) is 0 Å². The zero-order valence-corrected chi connectivity index (χ0v) is 9.60. The first kappa shape index (κ1) is 11.9. The summed E-state index contributed by atoms with van der Waals surface area (Å²) >= 11 is 0. The molecule has 1 saturated carbocycles. The SMILES string of the molecule is CC(C)(CCO)NS(=O)(=O)CC1CC1. The van der Waals surface area contributed by atoms with Crippen molar-refractivity contribution in [3.8, 4) is 0 Å². The van der Waals surface area contributed by atoms with Crippen molar-refractivity contribution in [3.05, 3.63) is 0 Å².